The van der Waals surface area contributed by atoms with Crippen LogP contribution in [-0.4, -0.2) is 5.91 Å². The summed E-state index contributed by atoms with van der Waals surface area (Å²) in [6, 6.07) is 14.3. The topological polar surface area (TPSA) is 29.1 Å². The Morgan fingerprint density at radius 2 is 1.54 bits per heavy atom. The van der Waals surface area contributed by atoms with Gasteiger partial charge >= 0.3 is 0 Å². The summed E-state index contributed by atoms with van der Waals surface area (Å²) in [5.74, 6) is -0.106. The third-order valence-electron chi connectivity index (χ3n) is 4.48. The molecule has 0 unspecified atom stereocenters. The molecule has 0 aliphatic heterocycles. The van der Waals surface area contributed by atoms with Crippen LogP contribution in [-0.2, 0) is 15.6 Å². The molecule has 0 saturated carbocycles. The minimum Gasteiger partial charge on any atom is -0.322 e. The Hall–Kier alpha value is -2.35. The number of carbonyl (C=O) groups excluding carboxylic acids is 1. The third-order valence-corrected chi connectivity index (χ3v) is 4.48. The van der Waals surface area contributed by atoms with Gasteiger partial charge in [-0.15, -0.1) is 0 Å². The van der Waals surface area contributed by atoms with Crippen LogP contribution < -0.4 is 5.32 Å². The lowest BCUT2D eigenvalue weighted by molar-refractivity contribution is -0.111. The van der Waals surface area contributed by atoms with Gasteiger partial charge in [-0.05, 0) is 46.1 Å². The van der Waals surface area contributed by atoms with Crippen molar-refractivity contribution >= 4 is 17.7 Å². The predicted octanol–water partition coefficient (Wildman–Crippen LogP) is 6.24. The van der Waals surface area contributed by atoms with E-state index in [9.17, 15) is 4.79 Å². The molecule has 0 saturated heterocycles. The van der Waals surface area contributed by atoms with E-state index in [1.165, 1.54) is 11.1 Å². The molecule has 2 heteroatoms. The highest BCUT2D eigenvalue weighted by molar-refractivity contribution is 6.03. The third kappa shape index (κ3) is 5.08. The molecule has 0 aliphatic rings. The van der Waals surface area contributed by atoms with Gasteiger partial charge in [0.25, 0.3) is 0 Å². The molecule has 2 nitrogen and oxygen atoms in total. The average Bonchev–Trinajstić information content (AvgIpc) is 2.53. The number of hydrogen-bond donors (Lipinski definition) is 1. The number of carbonyl (C=O) groups is 1. The van der Waals surface area contributed by atoms with E-state index in [0.29, 0.717) is 0 Å². The molecule has 0 atom stereocenters. The Morgan fingerprint density at radius 3 is 2.08 bits per heavy atom. The summed E-state index contributed by atoms with van der Waals surface area (Å²) in [6.45, 7) is 15.3. The second kappa shape index (κ2) is 7.49. The number of aryl methyl sites for hydroxylation is 1. The summed E-state index contributed by atoms with van der Waals surface area (Å²) < 4.78 is 0. The van der Waals surface area contributed by atoms with E-state index in [2.05, 4.69) is 65.9 Å². The molecule has 0 heterocycles. The Labute approximate surface area is 158 Å². The first-order valence-electron chi connectivity index (χ1n) is 9.18. The number of nitrogens with one attached hydrogen (secondary N) is 1. The standard InChI is InChI=1S/C24H31NO/c1-17-15-19(23(2,3)4)16-20(24(5,6)7)22(17)25-21(26)14-13-18-11-9-8-10-12-18/h8-16H,1-7H3,(H,25,26)/b14-13+. The molecule has 1 N–H and O–H groups in total. The number of benzene rings is 2. The second-order valence-electron chi connectivity index (χ2n) is 8.95. The average molecular weight is 350 g/mol. The molecule has 0 radical (unpaired) electrons. The first kappa shape index (κ1) is 20.0. The van der Waals surface area contributed by atoms with Crippen LogP contribution in [0.3, 0.4) is 0 Å². The number of hydrogen-bond acceptors (Lipinski definition) is 1. The highest BCUT2D eigenvalue weighted by Crippen LogP contribution is 2.36. The van der Waals surface area contributed by atoms with Gasteiger partial charge in [0.15, 0.2) is 0 Å². The van der Waals surface area contributed by atoms with Crippen molar-refractivity contribution in [2.24, 2.45) is 0 Å². The van der Waals surface area contributed by atoms with E-state index in [-0.39, 0.29) is 16.7 Å². The maximum absolute atomic E-state index is 12.5. The van der Waals surface area contributed by atoms with Gasteiger partial charge in [-0.3, -0.25) is 4.79 Å². The van der Waals surface area contributed by atoms with Crippen LogP contribution in [0.25, 0.3) is 6.08 Å². The first-order valence-corrected chi connectivity index (χ1v) is 9.18. The van der Waals surface area contributed by atoms with Crippen molar-refractivity contribution < 1.29 is 4.79 Å². The SMILES string of the molecule is Cc1cc(C(C)(C)C)cc(C(C)(C)C)c1NC(=O)/C=C/c1ccccc1. The van der Waals surface area contributed by atoms with Crippen molar-refractivity contribution in [2.75, 3.05) is 5.32 Å². The summed E-state index contributed by atoms with van der Waals surface area (Å²) >= 11 is 0. The molecule has 0 aromatic heterocycles. The lowest BCUT2D eigenvalue weighted by Crippen LogP contribution is -2.21. The highest BCUT2D eigenvalue weighted by atomic mass is 16.1. The number of amides is 1. The minimum absolute atomic E-state index is 0.0578. The van der Waals surface area contributed by atoms with Crippen molar-refractivity contribution in [1.29, 1.82) is 0 Å². The summed E-state index contributed by atoms with van der Waals surface area (Å²) in [7, 11) is 0. The maximum Gasteiger partial charge on any atom is 0.248 e. The fraction of sp³-hybridized carbons (Fsp3) is 0.375. The Kier molecular flexibility index (Phi) is 5.75. The van der Waals surface area contributed by atoms with E-state index in [4.69, 9.17) is 0 Å². The molecule has 0 aliphatic carbocycles. The largest absolute Gasteiger partial charge is 0.322 e. The van der Waals surface area contributed by atoms with Crippen molar-refractivity contribution in [3.8, 4) is 0 Å². The van der Waals surface area contributed by atoms with Crippen LogP contribution in [0, 0.1) is 6.92 Å². The summed E-state index contributed by atoms with van der Waals surface area (Å²) in [5.41, 5.74) is 5.51. The molecule has 0 spiro atoms. The Bertz CT molecular complexity index is 803. The molecule has 2 aromatic carbocycles. The monoisotopic (exact) mass is 349 g/mol. The molecular formula is C24H31NO. The lowest BCUT2D eigenvalue weighted by atomic mass is 9.78. The van der Waals surface area contributed by atoms with Crippen molar-refractivity contribution in [3.05, 3.63) is 70.8 Å². The van der Waals surface area contributed by atoms with Gasteiger partial charge in [0.1, 0.15) is 0 Å². The molecule has 0 bridgehead atoms. The van der Waals surface area contributed by atoms with Gasteiger partial charge in [-0.1, -0.05) is 84.0 Å². The van der Waals surface area contributed by atoms with Crippen LogP contribution in [0.5, 0.6) is 0 Å². The van der Waals surface area contributed by atoms with Crippen LogP contribution in [0.2, 0.25) is 0 Å². The van der Waals surface area contributed by atoms with Gasteiger partial charge in [0.2, 0.25) is 5.91 Å². The normalized spacial score (nSPS) is 12.4. The van der Waals surface area contributed by atoms with E-state index in [0.717, 1.165) is 16.8 Å². The van der Waals surface area contributed by atoms with E-state index in [1.54, 1.807) is 6.08 Å². The van der Waals surface area contributed by atoms with Crippen LogP contribution in [0.15, 0.2) is 48.5 Å². The zero-order valence-electron chi connectivity index (χ0n) is 17.1. The van der Waals surface area contributed by atoms with Gasteiger partial charge in [-0.25, -0.2) is 0 Å². The number of rotatable bonds is 3. The highest BCUT2D eigenvalue weighted by Gasteiger charge is 2.24. The summed E-state index contributed by atoms with van der Waals surface area (Å²) in [5, 5.41) is 3.11. The molecule has 2 rings (SSSR count). The molecular weight excluding hydrogens is 318 g/mol. The van der Waals surface area contributed by atoms with Crippen LogP contribution in [0.4, 0.5) is 5.69 Å². The first-order chi connectivity index (χ1) is 12.0. The molecule has 26 heavy (non-hydrogen) atoms. The number of anilines is 1. The maximum atomic E-state index is 12.5. The van der Waals surface area contributed by atoms with Crippen molar-refractivity contribution in [3.63, 3.8) is 0 Å². The quantitative estimate of drug-likeness (QED) is 0.653. The van der Waals surface area contributed by atoms with Gasteiger partial charge in [0.05, 0.1) is 0 Å². The molecule has 2 aromatic rings. The van der Waals surface area contributed by atoms with Gasteiger partial charge in [0, 0.05) is 11.8 Å². The second-order valence-corrected chi connectivity index (χ2v) is 8.95. The van der Waals surface area contributed by atoms with Gasteiger partial charge in [-0.2, -0.15) is 0 Å². The minimum atomic E-state index is -0.106. The molecule has 1 amide bonds. The zero-order chi connectivity index (χ0) is 19.5. The van der Waals surface area contributed by atoms with Crippen molar-refractivity contribution in [2.45, 2.75) is 59.3 Å². The van der Waals surface area contributed by atoms with Gasteiger partial charge < -0.3 is 5.32 Å². The lowest BCUT2D eigenvalue weighted by Gasteiger charge is -2.29. The predicted molar refractivity (Wildman–Crippen MR) is 113 cm³/mol. The van der Waals surface area contributed by atoms with Crippen LogP contribution in [0.1, 0.15) is 63.8 Å². The van der Waals surface area contributed by atoms with E-state index < -0.39 is 0 Å². The van der Waals surface area contributed by atoms with Crippen molar-refractivity contribution in [1.82, 2.24) is 0 Å². The zero-order valence-corrected chi connectivity index (χ0v) is 17.1. The fourth-order valence-electron chi connectivity index (χ4n) is 2.88. The molecule has 138 valence electrons. The molecule has 0 fully saturated rings. The summed E-state index contributed by atoms with van der Waals surface area (Å²) in [6.07, 6.45) is 3.43. The van der Waals surface area contributed by atoms with Crippen LogP contribution >= 0.6 is 0 Å². The van der Waals surface area contributed by atoms with E-state index >= 15 is 0 Å². The Balaban J connectivity index is 2.36. The van der Waals surface area contributed by atoms with E-state index in [1.807, 2.05) is 36.4 Å². The fourth-order valence-corrected chi connectivity index (χ4v) is 2.88. The smallest absolute Gasteiger partial charge is 0.248 e. The Morgan fingerprint density at radius 1 is 0.923 bits per heavy atom. The summed E-state index contributed by atoms with van der Waals surface area (Å²) in [4.78, 5) is 12.5.